The molecule has 0 saturated heterocycles. The number of hydrogen-bond acceptors (Lipinski definition) is 1. The molecule has 2 fully saturated rings. The fourth-order valence-electron chi connectivity index (χ4n) is 3.03. The molecular formula is C10H18O. The van der Waals surface area contributed by atoms with E-state index in [1.807, 2.05) is 0 Å². The van der Waals surface area contributed by atoms with Gasteiger partial charge in [0, 0.05) is 0 Å². The van der Waals surface area contributed by atoms with E-state index in [1.165, 1.54) is 32.1 Å². The van der Waals surface area contributed by atoms with Crippen molar-refractivity contribution in [3.8, 4) is 0 Å². The van der Waals surface area contributed by atoms with Gasteiger partial charge in [-0.2, -0.15) is 0 Å². The molecule has 64 valence electrons. The van der Waals surface area contributed by atoms with Gasteiger partial charge >= 0.3 is 0 Å². The minimum atomic E-state index is 0.00722. The molecule has 11 heavy (non-hydrogen) atoms. The molecule has 1 N–H and O–H groups in total. The van der Waals surface area contributed by atoms with Crippen molar-refractivity contribution in [3.63, 3.8) is 0 Å². The largest absolute Gasteiger partial charge is 0.393 e. The monoisotopic (exact) mass is 154 g/mol. The summed E-state index contributed by atoms with van der Waals surface area (Å²) in [5, 5.41) is 9.78. The summed E-state index contributed by atoms with van der Waals surface area (Å²) in [5.74, 6) is 0.839. The Hall–Kier alpha value is -0.0400. The Morgan fingerprint density at radius 3 is 2.73 bits per heavy atom. The van der Waals surface area contributed by atoms with Gasteiger partial charge in [0.2, 0.25) is 0 Å². The van der Waals surface area contributed by atoms with Gasteiger partial charge in [0.05, 0.1) is 6.10 Å². The first-order valence-electron chi connectivity index (χ1n) is 4.91. The smallest absolute Gasteiger partial charge is 0.0596 e. The van der Waals surface area contributed by atoms with Crippen LogP contribution in [0.25, 0.3) is 0 Å². The van der Waals surface area contributed by atoms with Crippen molar-refractivity contribution in [2.75, 3.05) is 0 Å². The van der Waals surface area contributed by atoms with Gasteiger partial charge in [0.25, 0.3) is 0 Å². The summed E-state index contributed by atoms with van der Waals surface area (Å²) in [5.41, 5.74) is 0.304. The second-order valence-corrected chi connectivity index (χ2v) is 4.54. The van der Waals surface area contributed by atoms with E-state index in [4.69, 9.17) is 0 Å². The highest BCUT2D eigenvalue weighted by Crippen LogP contribution is 2.51. The molecule has 1 nitrogen and oxygen atoms in total. The maximum atomic E-state index is 9.78. The summed E-state index contributed by atoms with van der Waals surface area (Å²) in [6, 6.07) is 0. The van der Waals surface area contributed by atoms with Crippen LogP contribution < -0.4 is 0 Å². The van der Waals surface area contributed by atoms with Crippen LogP contribution in [0.1, 0.15) is 45.4 Å². The number of rotatable bonds is 0. The zero-order valence-corrected chi connectivity index (χ0v) is 7.34. The molecule has 0 heterocycles. The van der Waals surface area contributed by atoms with Crippen molar-refractivity contribution in [1.82, 2.24) is 0 Å². The van der Waals surface area contributed by atoms with E-state index >= 15 is 0 Å². The zero-order valence-electron chi connectivity index (χ0n) is 7.34. The molecule has 0 aromatic carbocycles. The van der Waals surface area contributed by atoms with Crippen molar-refractivity contribution in [2.24, 2.45) is 11.3 Å². The first-order chi connectivity index (χ1) is 5.23. The lowest BCUT2D eigenvalue weighted by Crippen LogP contribution is -2.34. The minimum absolute atomic E-state index is 0.00722. The SMILES string of the molecule is CC12CCCC[C@@H]1CCC2O. The summed E-state index contributed by atoms with van der Waals surface area (Å²) in [6.45, 7) is 2.29. The van der Waals surface area contributed by atoms with Gasteiger partial charge in [-0.25, -0.2) is 0 Å². The molecular weight excluding hydrogens is 136 g/mol. The molecule has 0 bridgehead atoms. The predicted molar refractivity (Wildman–Crippen MR) is 45.3 cm³/mol. The Kier molecular flexibility index (Phi) is 1.71. The summed E-state index contributed by atoms with van der Waals surface area (Å²) in [6.07, 6.45) is 7.70. The molecule has 2 unspecified atom stereocenters. The quantitative estimate of drug-likeness (QED) is 0.568. The van der Waals surface area contributed by atoms with Gasteiger partial charge < -0.3 is 5.11 Å². The lowest BCUT2D eigenvalue weighted by atomic mass is 9.69. The number of fused-ring (bicyclic) bond motifs is 1. The van der Waals surface area contributed by atoms with Crippen LogP contribution in [0.3, 0.4) is 0 Å². The molecule has 2 aliphatic carbocycles. The lowest BCUT2D eigenvalue weighted by Gasteiger charge is -2.38. The molecule has 2 rings (SSSR count). The van der Waals surface area contributed by atoms with E-state index in [0.29, 0.717) is 5.41 Å². The second kappa shape index (κ2) is 2.48. The van der Waals surface area contributed by atoms with Crippen LogP contribution in [0.5, 0.6) is 0 Å². The topological polar surface area (TPSA) is 20.2 Å². The van der Waals surface area contributed by atoms with Gasteiger partial charge in [0.1, 0.15) is 0 Å². The van der Waals surface area contributed by atoms with Crippen molar-refractivity contribution in [3.05, 3.63) is 0 Å². The van der Waals surface area contributed by atoms with Crippen LogP contribution in [0.15, 0.2) is 0 Å². The number of aliphatic hydroxyl groups excluding tert-OH is 1. The van der Waals surface area contributed by atoms with E-state index in [1.54, 1.807) is 0 Å². The van der Waals surface area contributed by atoms with Crippen LogP contribution in [-0.2, 0) is 0 Å². The molecule has 0 radical (unpaired) electrons. The Morgan fingerprint density at radius 1 is 1.18 bits per heavy atom. The van der Waals surface area contributed by atoms with Gasteiger partial charge in [-0.1, -0.05) is 19.8 Å². The fraction of sp³-hybridized carbons (Fsp3) is 1.00. The van der Waals surface area contributed by atoms with Crippen molar-refractivity contribution in [2.45, 2.75) is 51.6 Å². The summed E-state index contributed by atoms with van der Waals surface area (Å²) < 4.78 is 0. The summed E-state index contributed by atoms with van der Waals surface area (Å²) in [7, 11) is 0. The normalized spacial score (nSPS) is 50.7. The van der Waals surface area contributed by atoms with Crippen LogP contribution in [-0.4, -0.2) is 11.2 Å². The maximum absolute atomic E-state index is 9.78. The van der Waals surface area contributed by atoms with Crippen LogP contribution in [0.4, 0.5) is 0 Å². The van der Waals surface area contributed by atoms with Gasteiger partial charge in [0.15, 0.2) is 0 Å². The van der Waals surface area contributed by atoms with E-state index < -0.39 is 0 Å². The van der Waals surface area contributed by atoms with Crippen molar-refractivity contribution in [1.29, 1.82) is 0 Å². The molecule has 0 aromatic heterocycles. The highest BCUT2D eigenvalue weighted by molar-refractivity contribution is 4.96. The van der Waals surface area contributed by atoms with Crippen LogP contribution in [0, 0.1) is 11.3 Å². The first kappa shape index (κ1) is 7.60. The van der Waals surface area contributed by atoms with Crippen LogP contribution in [0.2, 0.25) is 0 Å². The molecule has 0 spiro atoms. The fourth-order valence-corrected chi connectivity index (χ4v) is 3.03. The Balaban J connectivity index is 2.16. The first-order valence-corrected chi connectivity index (χ1v) is 4.91. The molecule has 2 aliphatic rings. The summed E-state index contributed by atoms with van der Waals surface area (Å²) in [4.78, 5) is 0. The lowest BCUT2D eigenvalue weighted by molar-refractivity contribution is 0.0138. The average molecular weight is 154 g/mol. The summed E-state index contributed by atoms with van der Waals surface area (Å²) >= 11 is 0. The van der Waals surface area contributed by atoms with E-state index in [9.17, 15) is 5.11 Å². The van der Waals surface area contributed by atoms with Gasteiger partial charge in [-0.15, -0.1) is 0 Å². The van der Waals surface area contributed by atoms with Crippen molar-refractivity contribution >= 4 is 0 Å². The zero-order chi connectivity index (χ0) is 7.90. The predicted octanol–water partition coefficient (Wildman–Crippen LogP) is 2.34. The van der Waals surface area contributed by atoms with E-state index in [-0.39, 0.29) is 6.10 Å². The molecule has 0 amide bonds. The van der Waals surface area contributed by atoms with Crippen molar-refractivity contribution < 1.29 is 5.11 Å². The van der Waals surface area contributed by atoms with E-state index in [2.05, 4.69) is 6.92 Å². The van der Waals surface area contributed by atoms with Crippen LogP contribution >= 0.6 is 0 Å². The highest BCUT2D eigenvalue weighted by atomic mass is 16.3. The van der Waals surface area contributed by atoms with E-state index in [0.717, 1.165) is 12.3 Å². The third-order valence-corrected chi connectivity index (χ3v) is 4.00. The average Bonchev–Trinajstić information content (AvgIpc) is 2.29. The third-order valence-electron chi connectivity index (χ3n) is 4.00. The minimum Gasteiger partial charge on any atom is -0.393 e. The standard InChI is InChI=1S/C10H18O/c1-10-7-3-2-4-8(10)5-6-9(10)11/h8-9,11H,2-7H2,1H3/t8-,9?,10?/m1/s1. The highest BCUT2D eigenvalue weighted by Gasteiger charge is 2.46. The molecule has 1 heteroatoms. The molecule has 0 aromatic rings. The Labute approximate surface area is 68.8 Å². The Morgan fingerprint density at radius 2 is 2.00 bits per heavy atom. The maximum Gasteiger partial charge on any atom is 0.0596 e. The molecule has 3 atom stereocenters. The number of hydrogen-bond donors (Lipinski definition) is 1. The second-order valence-electron chi connectivity index (χ2n) is 4.54. The molecule has 0 aliphatic heterocycles. The van der Waals surface area contributed by atoms with Gasteiger partial charge in [-0.3, -0.25) is 0 Å². The molecule has 2 saturated carbocycles. The van der Waals surface area contributed by atoms with Gasteiger partial charge in [-0.05, 0) is 37.0 Å². The number of aliphatic hydroxyl groups is 1. The third kappa shape index (κ3) is 1.01. The Bertz CT molecular complexity index is 153.